The maximum atomic E-state index is 12.1. The Kier molecular flexibility index (Phi) is 4.54. The summed E-state index contributed by atoms with van der Waals surface area (Å²) in [6, 6.07) is 11.8. The zero-order valence-corrected chi connectivity index (χ0v) is 15.7. The molecule has 0 aromatic heterocycles. The third-order valence-electron chi connectivity index (χ3n) is 4.85. The van der Waals surface area contributed by atoms with Crippen molar-refractivity contribution in [2.45, 2.75) is 31.2 Å². The molecule has 2 aromatic rings. The van der Waals surface area contributed by atoms with E-state index in [4.69, 9.17) is 0 Å². The van der Waals surface area contributed by atoms with Crippen molar-refractivity contribution in [3.05, 3.63) is 59.2 Å². The van der Waals surface area contributed by atoms with Crippen molar-refractivity contribution in [1.82, 2.24) is 4.72 Å². The van der Waals surface area contributed by atoms with Crippen LogP contribution >= 0.6 is 0 Å². The van der Waals surface area contributed by atoms with Gasteiger partial charge in [0.15, 0.2) is 0 Å². The average molecular weight is 374 g/mol. The van der Waals surface area contributed by atoms with Gasteiger partial charge in [-0.05, 0) is 60.3 Å². The number of rotatable bonds is 4. The van der Waals surface area contributed by atoms with Crippen molar-refractivity contribution >= 4 is 21.7 Å². The van der Waals surface area contributed by atoms with Gasteiger partial charge in [0.25, 0.3) is 0 Å². The van der Waals surface area contributed by atoms with Crippen molar-refractivity contribution in [2.75, 3.05) is 12.4 Å². The first-order valence-electron chi connectivity index (χ1n) is 8.30. The number of sulfonamides is 1. The van der Waals surface area contributed by atoms with Crippen LogP contribution in [0.4, 0.5) is 5.69 Å². The quantitative estimate of drug-likeness (QED) is 0.764. The molecule has 2 aromatic carbocycles. The maximum Gasteiger partial charge on any atom is 0.335 e. The van der Waals surface area contributed by atoms with Crippen LogP contribution in [0.25, 0.3) is 0 Å². The van der Waals surface area contributed by atoms with Crippen LogP contribution in [0, 0.1) is 5.41 Å². The Labute approximate surface area is 153 Å². The van der Waals surface area contributed by atoms with Crippen molar-refractivity contribution in [2.24, 2.45) is 5.41 Å². The lowest BCUT2D eigenvalue weighted by atomic mass is 9.73. The number of hydrogen-bond donors (Lipinski definition) is 3. The molecule has 138 valence electrons. The lowest BCUT2D eigenvalue weighted by molar-refractivity contribution is 0.0696. The molecule has 0 saturated carbocycles. The lowest BCUT2D eigenvalue weighted by Gasteiger charge is -2.41. The number of aromatic carboxylic acids is 1. The maximum absolute atomic E-state index is 12.1. The van der Waals surface area contributed by atoms with Gasteiger partial charge in [0.05, 0.1) is 16.5 Å². The Hall–Kier alpha value is -2.38. The van der Waals surface area contributed by atoms with Gasteiger partial charge in [-0.1, -0.05) is 26.0 Å². The predicted octanol–water partition coefficient (Wildman–Crippen LogP) is 3.03. The smallest absolute Gasteiger partial charge is 0.335 e. The summed E-state index contributed by atoms with van der Waals surface area (Å²) in [5.41, 5.74) is 2.74. The van der Waals surface area contributed by atoms with Crippen LogP contribution in [0.1, 0.15) is 41.4 Å². The molecule has 1 atom stereocenters. The van der Waals surface area contributed by atoms with E-state index in [1.54, 1.807) is 36.4 Å². The summed E-state index contributed by atoms with van der Waals surface area (Å²) < 4.78 is 26.6. The number of carboxylic acid groups (broad SMARTS) is 1. The monoisotopic (exact) mass is 374 g/mol. The summed E-state index contributed by atoms with van der Waals surface area (Å²) in [7, 11) is -2.13. The van der Waals surface area contributed by atoms with Crippen LogP contribution in [-0.4, -0.2) is 26.5 Å². The molecular weight excluding hydrogens is 352 g/mol. The van der Waals surface area contributed by atoms with Gasteiger partial charge < -0.3 is 10.4 Å². The molecule has 0 aliphatic carbocycles. The van der Waals surface area contributed by atoms with Crippen LogP contribution in [0.3, 0.4) is 0 Å². The van der Waals surface area contributed by atoms with Crippen molar-refractivity contribution in [3.63, 3.8) is 0 Å². The molecule has 1 aliphatic heterocycles. The molecule has 6 nitrogen and oxygen atoms in total. The topological polar surface area (TPSA) is 95.5 Å². The number of carbonyl (C=O) groups is 1. The zero-order valence-electron chi connectivity index (χ0n) is 14.9. The molecule has 3 rings (SSSR count). The minimum absolute atomic E-state index is 0.0994. The van der Waals surface area contributed by atoms with E-state index in [0.717, 1.165) is 16.8 Å². The average Bonchev–Trinajstić information content (AvgIpc) is 2.59. The van der Waals surface area contributed by atoms with Gasteiger partial charge in [-0.2, -0.15) is 0 Å². The summed E-state index contributed by atoms with van der Waals surface area (Å²) in [5, 5.41) is 12.7. The highest BCUT2D eigenvalue weighted by molar-refractivity contribution is 7.89. The summed E-state index contributed by atoms with van der Waals surface area (Å²) in [5.74, 6) is -0.947. The normalized spacial score (nSPS) is 18.7. The Morgan fingerprint density at radius 1 is 1.23 bits per heavy atom. The fraction of sp³-hybridized carbons (Fsp3) is 0.316. The van der Waals surface area contributed by atoms with E-state index < -0.39 is 16.0 Å². The lowest BCUT2D eigenvalue weighted by Crippen LogP contribution is -2.35. The molecule has 0 saturated heterocycles. The first-order chi connectivity index (χ1) is 12.1. The number of nitrogens with one attached hydrogen (secondary N) is 2. The van der Waals surface area contributed by atoms with Gasteiger partial charge in [0.2, 0.25) is 10.0 Å². The third-order valence-corrected chi connectivity index (χ3v) is 6.26. The highest BCUT2D eigenvalue weighted by Crippen LogP contribution is 2.45. The standard InChI is InChI=1S/C19H22N2O4S/c1-19(2)11-14-9-13(18(22)23)7-8-16(14)21-17(19)12-5-4-6-15(10-12)26(24,25)20-3/h4-10,17,20-21H,11H2,1-3H3,(H,22,23). The summed E-state index contributed by atoms with van der Waals surface area (Å²) in [6.45, 7) is 4.17. The molecule has 1 heterocycles. The largest absolute Gasteiger partial charge is 0.478 e. The Morgan fingerprint density at radius 2 is 1.96 bits per heavy atom. The number of benzene rings is 2. The van der Waals surface area contributed by atoms with E-state index in [2.05, 4.69) is 23.9 Å². The molecule has 0 radical (unpaired) electrons. The third kappa shape index (κ3) is 3.32. The second kappa shape index (κ2) is 6.41. The molecule has 7 heteroatoms. The van der Waals surface area contributed by atoms with E-state index in [-0.39, 0.29) is 21.9 Å². The van der Waals surface area contributed by atoms with Crippen molar-refractivity contribution in [1.29, 1.82) is 0 Å². The zero-order chi connectivity index (χ0) is 19.1. The molecule has 0 spiro atoms. The van der Waals surface area contributed by atoms with Gasteiger partial charge in [0.1, 0.15) is 0 Å². The highest BCUT2D eigenvalue weighted by Gasteiger charge is 2.36. The Morgan fingerprint density at radius 3 is 2.62 bits per heavy atom. The number of anilines is 1. The number of carboxylic acids is 1. The first-order valence-corrected chi connectivity index (χ1v) is 9.79. The van der Waals surface area contributed by atoms with Crippen LogP contribution in [0.2, 0.25) is 0 Å². The van der Waals surface area contributed by atoms with Crippen molar-refractivity contribution in [3.8, 4) is 0 Å². The van der Waals surface area contributed by atoms with Crippen molar-refractivity contribution < 1.29 is 18.3 Å². The van der Waals surface area contributed by atoms with Gasteiger partial charge in [-0.3, -0.25) is 0 Å². The second-order valence-corrected chi connectivity index (χ2v) is 9.09. The van der Waals surface area contributed by atoms with E-state index in [9.17, 15) is 18.3 Å². The minimum atomic E-state index is -3.52. The summed E-state index contributed by atoms with van der Waals surface area (Å²) in [4.78, 5) is 11.4. The van der Waals surface area contributed by atoms with Crippen LogP contribution in [-0.2, 0) is 16.4 Å². The van der Waals surface area contributed by atoms with E-state index >= 15 is 0 Å². The Balaban J connectivity index is 2.02. The molecule has 1 aliphatic rings. The molecule has 26 heavy (non-hydrogen) atoms. The molecule has 0 bridgehead atoms. The van der Waals surface area contributed by atoms with E-state index in [1.807, 2.05) is 6.07 Å². The number of fused-ring (bicyclic) bond motifs is 1. The summed E-state index contributed by atoms with van der Waals surface area (Å²) in [6.07, 6.45) is 0.685. The Bertz CT molecular complexity index is 967. The molecule has 0 fully saturated rings. The van der Waals surface area contributed by atoms with Crippen LogP contribution in [0.15, 0.2) is 47.4 Å². The fourth-order valence-corrected chi connectivity index (χ4v) is 4.26. The molecule has 3 N–H and O–H groups in total. The molecule has 1 unspecified atom stereocenters. The van der Waals surface area contributed by atoms with E-state index in [1.165, 1.54) is 7.05 Å². The predicted molar refractivity (Wildman–Crippen MR) is 99.9 cm³/mol. The van der Waals surface area contributed by atoms with Gasteiger partial charge >= 0.3 is 5.97 Å². The molecule has 0 amide bonds. The van der Waals surface area contributed by atoms with E-state index in [0.29, 0.717) is 6.42 Å². The van der Waals surface area contributed by atoms with Gasteiger partial charge in [-0.25, -0.2) is 17.9 Å². The van der Waals surface area contributed by atoms with Gasteiger partial charge in [-0.15, -0.1) is 0 Å². The second-order valence-electron chi connectivity index (χ2n) is 7.20. The SMILES string of the molecule is CNS(=O)(=O)c1cccc(C2Nc3ccc(C(=O)O)cc3CC2(C)C)c1. The molecular formula is C19H22N2O4S. The fourth-order valence-electron chi connectivity index (χ4n) is 3.47. The number of hydrogen-bond acceptors (Lipinski definition) is 4. The van der Waals surface area contributed by atoms with Crippen LogP contribution in [0.5, 0.6) is 0 Å². The van der Waals surface area contributed by atoms with Crippen LogP contribution < -0.4 is 10.0 Å². The highest BCUT2D eigenvalue weighted by atomic mass is 32.2. The van der Waals surface area contributed by atoms with Gasteiger partial charge in [0, 0.05) is 5.69 Å². The first kappa shape index (κ1) is 18.4. The summed E-state index contributed by atoms with van der Waals surface area (Å²) >= 11 is 0. The minimum Gasteiger partial charge on any atom is -0.478 e.